The van der Waals surface area contributed by atoms with E-state index in [1.54, 1.807) is 41.6 Å². The van der Waals surface area contributed by atoms with Crippen molar-refractivity contribution >= 4 is 22.0 Å². The van der Waals surface area contributed by atoms with Crippen LogP contribution in [0.3, 0.4) is 0 Å². The molecule has 0 unspecified atom stereocenters. The lowest BCUT2D eigenvalue weighted by atomic mass is 10.3. The predicted molar refractivity (Wildman–Crippen MR) is 95.6 cm³/mol. The number of carbonyl (C=O) groups excluding carboxylic acids is 1. The average molecular weight is 378 g/mol. The number of aryl methyl sites for hydroxylation is 2. The van der Waals surface area contributed by atoms with Gasteiger partial charge >= 0.3 is 0 Å². The van der Waals surface area contributed by atoms with Crippen LogP contribution in [0.1, 0.15) is 18.0 Å². The van der Waals surface area contributed by atoms with Crippen molar-refractivity contribution < 1.29 is 17.6 Å². The molecule has 0 spiro atoms. The van der Waals surface area contributed by atoms with Gasteiger partial charge in [-0.15, -0.1) is 0 Å². The summed E-state index contributed by atoms with van der Waals surface area (Å²) in [5.41, 5.74) is 0. The number of rotatable bonds is 4. The summed E-state index contributed by atoms with van der Waals surface area (Å²) in [7, 11) is -1.89. The summed E-state index contributed by atoms with van der Waals surface area (Å²) < 4.78 is 33.8. The van der Waals surface area contributed by atoms with Gasteiger partial charge in [-0.1, -0.05) is 0 Å². The summed E-state index contributed by atoms with van der Waals surface area (Å²) in [6.07, 6.45) is 6.69. The maximum atomic E-state index is 12.8. The first-order valence-electron chi connectivity index (χ1n) is 8.38. The molecule has 140 valence electrons. The van der Waals surface area contributed by atoms with Gasteiger partial charge in [0.2, 0.25) is 5.91 Å². The first-order valence-corrected chi connectivity index (χ1v) is 9.82. The van der Waals surface area contributed by atoms with Gasteiger partial charge in [0.1, 0.15) is 11.6 Å². The fourth-order valence-corrected chi connectivity index (χ4v) is 4.28. The standard InChI is InChI=1S/C17H22N4O4S/c1-14-18-16(13-19(14)2)26(23,24)21-9-4-8-20(10-11-21)17(22)7-6-15-5-3-12-25-15/h3,5-7,12-13H,4,8-11H2,1-2H3/b7-6+. The molecule has 0 aromatic carbocycles. The Balaban J connectivity index is 1.67. The SMILES string of the molecule is Cc1nc(S(=O)(=O)N2CCCN(C(=O)/C=C/c3ccco3)CC2)cn1C. The minimum absolute atomic E-state index is 0.0509. The molecule has 1 saturated heterocycles. The smallest absolute Gasteiger partial charge is 0.262 e. The van der Waals surface area contributed by atoms with Crippen LogP contribution in [0.4, 0.5) is 0 Å². The highest BCUT2D eigenvalue weighted by Crippen LogP contribution is 2.17. The van der Waals surface area contributed by atoms with Crippen molar-refractivity contribution in [1.29, 1.82) is 0 Å². The first kappa shape index (κ1) is 18.4. The molecule has 1 amide bonds. The Hall–Kier alpha value is -2.39. The maximum Gasteiger partial charge on any atom is 0.262 e. The molecule has 8 nitrogen and oxygen atoms in total. The molecular weight excluding hydrogens is 356 g/mol. The number of sulfonamides is 1. The van der Waals surface area contributed by atoms with Gasteiger partial charge in [0, 0.05) is 45.5 Å². The van der Waals surface area contributed by atoms with Crippen molar-refractivity contribution in [2.45, 2.75) is 18.4 Å². The van der Waals surface area contributed by atoms with Crippen LogP contribution in [-0.4, -0.2) is 59.3 Å². The Kier molecular flexibility index (Phi) is 5.28. The number of hydrogen-bond acceptors (Lipinski definition) is 5. The number of hydrogen-bond donors (Lipinski definition) is 0. The van der Waals surface area contributed by atoms with Crippen molar-refractivity contribution in [3.63, 3.8) is 0 Å². The van der Waals surface area contributed by atoms with Crippen LogP contribution in [0.25, 0.3) is 6.08 Å². The van der Waals surface area contributed by atoms with Gasteiger partial charge < -0.3 is 13.9 Å². The fourth-order valence-electron chi connectivity index (χ4n) is 2.78. The van der Waals surface area contributed by atoms with Gasteiger partial charge in [0.25, 0.3) is 10.0 Å². The number of imidazole rings is 1. The number of aromatic nitrogens is 2. The van der Waals surface area contributed by atoms with Crippen LogP contribution in [0, 0.1) is 6.92 Å². The normalized spacial score (nSPS) is 16.9. The minimum Gasteiger partial charge on any atom is -0.465 e. The summed E-state index contributed by atoms with van der Waals surface area (Å²) in [5.74, 6) is 1.08. The largest absolute Gasteiger partial charge is 0.465 e. The lowest BCUT2D eigenvalue weighted by molar-refractivity contribution is -0.125. The van der Waals surface area contributed by atoms with E-state index in [0.717, 1.165) is 0 Å². The van der Waals surface area contributed by atoms with E-state index in [9.17, 15) is 13.2 Å². The van der Waals surface area contributed by atoms with E-state index in [2.05, 4.69) is 4.98 Å². The molecule has 0 atom stereocenters. The molecule has 0 aliphatic carbocycles. The second-order valence-corrected chi connectivity index (χ2v) is 8.05. The van der Waals surface area contributed by atoms with Crippen molar-refractivity contribution in [3.05, 3.63) is 42.3 Å². The quantitative estimate of drug-likeness (QED) is 0.748. The molecule has 3 heterocycles. The highest BCUT2D eigenvalue weighted by Gasteiger charge is 2.29. The van der Waals surface area contributed by atoms with E-state index in [4.69, 9.17) is 4.42 Å². The van der Waals surface area contributed by atoms with Crippen LogP contribution >= 0.6 is 0 Å². The highest BCUT2D eigenvalue weighted by atomic mass is 32.2. The van der Waals surface area contributed by atoms with E-state index >= 15 is 0 Å². The summed E-state index contributed by atoms with van der Waals surface area (Å²) in [6.45, 7) is 3.22. The minimum atomic E-state index is -3.65. The molecule has 1 aliphatic heterocycles. The van der Waals surface area contributed by atoms with Crippen LogP contribution in [0.15, 0.2) is 40.1 Å². The highest BCUT2D eigenvalue weighted by molar-refractivity contribution is 7.89. The lowest BCUT2D eigenvalue weighted by Gasteiger charge is -2.20. The van der Waals surface area contributed by atoms with Crippen molar-refractivity contribution in [2.24, 2.45) is 7.05 Å². The molecule has 1 aliphatic rings. The third-order valence-corrected chi connectivity index (χ3v) is 6.16. The molecule has 1 fully saturated rings. The fraction of sp³-hybridized carbons (Fsp3) is 0.412. The van der Waals surface area contributed by atoms with Gasteiger partial charge in [-0.25, -0.2) is 13.4 Å². The zero-order chi connectivity index (χ0) is 18.7. The van der Waals surface area contributed by atoms with E-state index < -0.39 is 10.0 Å². The third kappa shape index (κ3) is 3.88. The summed E-state index contributed by atoms with van der Waals surface area (Å²) >= 11 is 0. The third-order valence-electron chi connectivity index (χ3n) is 4.39. The number of nitrogens with zero attached hydrogens (tertiary/aromatic N) is 4. The molecule has 0 N–H and O–H groups in total. The average Bonchev–Trinajstić information content (AvgIpc) is 3.15. The number of amides is 1. The van der Waals surface area contributed by atoms with Crippen LogP contribution < -0.4 is 0 Å². The predicted octanol–water partition coefficient (Wildman–Crippen LogP) is 1.26. The summed E-state index contributed by atoms with van der Waals surface area (Å²) in [6, 6.07) is 3.51. The first-order chi connectivity index (χ1) is 12.4. The second kappa shape index (κ2) is 7.46. The second-order valence-electron chi connectivity index (χ2n) is 6.17. The van der Waals surface area contributed by atoms with Gasteiger partial charge in [-0.3, -0.25) is 4.79 Å². The van der Waals surface area contributed by atoms with E-state index in [1.165, 1.54) is 22.8 Å². The topological polar surface area (TPSA) is 88.7 Å². The van der Waals surface area contributed by atoms with Gasteiger partial charge in [0.05, 0.1) is 6.26 Å². The maximum absolute atomic E-state index is 12.8. The van der Waals surface area contributed by atoms with Crippen LogP contribution in [-0.2, 0) is 21.9 Å². The van der Waals surface area contributed by atoms with Gasteiger partial charge in [-0.05, 0) is 31.6 Å². The lowest BCUT2D eigenvalue weighted by Crippen LogP contribution is -2.36. The Morgan fingerprint density at radius 3 is 2.73 bits per heavy atom. The van der Waals surface area contributed by atoms with E-state index in [0.29, 0.717) is 37.6 Å². The number of carbonyl (C=O) groups is 1. The van der Waals surface area contributed by atoms with Crippen molar-refractivity contribution in [1.82, 2.24) is 18.8 Å². The molecule has 2 aromatic rings. The number of furan rings is 1. The van der Waals surface area contributed by atoms with Crippen molar-refractivity contribution in [2.75, 3.05) is 26.2 Å². The molecule has 2 aromatic heterocycles. The molecular formula is C17H22N4O4S. The Morgan fingerprint density at radius 1 is 1.27 bits per heavy atom. The molecule has 0 bridgehead atoms. The van der Waals surface area contributed by atoms with Crippen LogP contribution in [0.2, 0.25) is 0 Å². The van der Waals surface area contributed by atoms with Gasteiger partial charge in [0.15, 0.2) is 5.03 Å². The van der Waals surface area contributed by atoms with E-state index in [-0.39, 0.29) is 17.5 Å². The van der Waals surface area contributed by atoms with Crippen LogP contribution in [0.5, 0.6) is 0 Å². The molecule has 0 radical (unpaired) electrons. The molecule has 26 heavy (non-hydrogen) atoms. The Labute approximate surface area is 152 Å². The summed E-state index contributed by atoms with van der Waals surface area (Å²) in [5, 5.41) is 0.0509. The molecule has 3 rings (SSSR count). The van der Waals surface area contributed by atoms with E-state index in [1.807, 2.05) is 0 Å². The Bertz CT molecular complexity index is 880. The molecule has 9 heteroatoms. The van der Waals surface area contributed by atoms with Crippen molar-refractivity contribution in [3.8, 4) is 0 Å². The Morgan fingerprint density at radius 2 is 2.08 bits per heavy atom. The monoisotopic (exact) mass is 378 g/mol. The zero-order valence-corrected chi connectivity index (χ0v) is 15.6. The summed E-state index contributed by atoms with van der Waals surface area (Å²) in [4.78, 5) is 18.1. The molecule has 0 saturated carbocycles. The van der Waals surface area contributed by atoms with Gasteiger partial charge in [-0.2, -0.15) is 4.31 Å². The zero-order valence-electron chi connectivity index (χ0n) is 14.8.